The number of nitrogens with zero attached hydrogens (tertiary/aromatic N) is 3. The molecule has 1 aromatic heterocycles. The van der Waals surface area contributed by atoms with Crippen molar-refractivity contribution in [3.8, 4) is 0 Å². The van der Waals surface area contributed by atoms with Gasteiger partial charge in [0, 0.05) is 36.8 Å². The number of aryl methyl sites for hydroxylation is 1. The van der Waals surface area contributed by atoms with Crippen LogP contribution < -0.4 is 10.6 Å². The molecule has 0 spiro atoms. The minimum absolute atomic E-state index is 0.172. The summed E-state index contributed by atoms with van der Waals surface area (Å²) in [4.78, 5) is 11.7. The maximum Gasteiger partial charge on any atom is 0.191 e. The molecule has 0 aliphatic carbocycles. The van der Waals surface area contributed by atoms with Gasteiger partial charge in [0.05, 0.1) is 6.54 Å². The number of aromatic nitrogens is 1. The summed E-state index contributed by atoms with van der Waals surface area (Å²) in [5, 5.41) is 7.49. The van der Waals surface area contributed by atoms with E-state index in [-0.39, 0.29) is 5.82 Å². The van der Waals surface area contributed by atoms with E-state index in [2.05, 4.69) is 20.6 Å². The molecule has 0 aliphatic rings. The molecule has 2 N–H and O–H groups in total. The first-order chi connectivity index (χ1) is 11.5. The molecule has 0 saturated carbocycles. The van der Waals surface area contributed by atoms with Gasteiger partial charge in [0.25, 0.3) is 0 Å². The van der Waals surface area contributed by atoms with E-state index < -0.39 is 0 Å². The summed E-state index contributed by atoms with van der Waals surface area (Å²) in [6, 6.07) is 5.20. The average Bonchev–Trinajstić information content (AvgIpc) is 2.95. The largest absolute Gasteiger partial charge is 0.352 e. The van der Waals surface area contributed by atoms with E-state index in [1.807, 2.05) is 38.2 Å². The first-order valence-corrected chi connectivity index (χ1v) is 8.57. The third-order valence-corrected chi connectivity index (χ3v) is 4.27. The predicted octanol–water partition coefficient (Wildman–Crippen LogP) is 2.52. The van der Waals surface area contributed by atoms with E-state index >= 15 is 0 Å². The maximum absolute atomic E-state index is 13.8. The Kier molecular flexibility index (Phi) is 6.69. The highest BCUT2D eigenvalue weighted by atomic mass is 32.1. The van der Waals surface area contributed by atoms with E-state index in [4.69, 9.17) is 0 Å². The summed E-state index contributed by atoms with van der Waals surface area (Å²) in [5.74, 6) is 0.524. The molecule has 0 fully saturated rings. The number of guanidine groups is 1. The summed E-state index contributed by atoms with van der Waals surface area (Å²) in [6.45, 7) is 3.83. The maximum atomic E-state index is 13.8. The molecule has 1 heterocycles. The van der Waals surface area contributed by atoms with Crippen molar-refractivity contribution >= 4 is 17.3 Å². The average molecular weight is 349 g/mol. The zero-order valence-corrected chi connectivity index (χ0v) is 15.4. The molecule has 0 unspecified atom stereocenters. The molecule has 0 bridgehead atoms. The Labute approximate surface area is 146 Å². The van der Waals surface area contributed by atoms with Gasteiger partial charge in [-0.15, -0.1) is 11.3 Å². The van der Waals surface area contributed by atoms with Crippen molar-refractivity contribution in [1.29, 1.82) is 0 Å². The molecule has 0 radical (unpaired) electrons. The molecule has 0 atom stereocenters. The fourth-order valence-corrected chi connectivity index (χ4v) is 2.98. The molecule has 5 nitrogen and oxygen atoms in total. The summed E-state index contributed by atoms with van der Waals surface area (Å²) in [7, 11) is 5.58. The highest BCUT2D eigenvalue weighted by molar-refractivity contribution is 7.11. The van der Waals surface area contributed by atoms with Crippen LogP contribution in [0.2, 0.25) is 0 Å². The second kappa shape index (κ2) is 8.75. The number of nitrogens with one attached hydrogen (secondary N) is 2. The Morgan fingerprint density at radius 3 is 2.67 bits per heavy atom. The van der Waals surface area contributed by atoms with Crippen molar-refractivity contribution < 1.29 is 4.39 Å². The van der Waals surface area contributed by atoms with Crippen molar-refractivity contribution in [3.63, 3.8) is 0 Å². The topological polar surface area (TPSA) is 52.6 Å². The standard InChI is InChI=1S/C17H24FN5S/c1-12-8-20-16(24-12)10-22-17(19-2)21-9-13-5-6-15(18)14(7-13)11-23(3)4/h5-8H,9-11H2,1-4H3,(H2,19,21,22). The van der Waals surface area contributed by atoms with Gasteiger partial charge in [0.15, 0.2) is 5.96 Å². The van der Waals surface area contributed by atoms with E-state index in [1.54, 1.807) is 24.5 Å². The van der Waals surface area contributed by atoms with Crippen LogP contribution in [0, 0.1) is 12.7 Å². The molecule has 24 heavy (non-hydrogen) atoms. The van der Waals surface area contributed by atoms with Gasteiger partial charge in [-0.25, -0.2) is 9.37 Å². The van der Waals surface area contributed by atoms with Crippen molar-refractivity contribution in [2.24, 2.45) is 4.99 Å². The number of benzene rings is 1. The number of hydrogen-bond donors (Lipinski definition) is 2. The molecule has 0 amide bonds. The Morgan fingerprint density at radius 2 is 2.04 bits per heavy atom. The number of rotatable bonds is 6. The third-order valence-electron chi connectivity index (χ3n) is 3.36. The first kappa shape index (κ1) is 18.4. The number of hydrogen-bond acceptors (Lipinski definition) is 4. The smallest absolute Gasteiger partial charge is 0.191 e. The van der Waals surface area contributed by atoms with Gasteiger partial charge in [0.2, 0.25) is 0 Å². The molecule has 0 aliphatic heterocycles. The SMILES string of the molecule is CN=C(NCc1ccc(F)c(CN(C)C)c1)NCc1ncc(C)s1. The minimum atomic E-state index is -0.172. The lowest BCUT2D eigenvalue weighted by Gasteiger charge is -2.14. The number of thiazole rings is 1. The molecule has 2 rings (SSSR count). The minimum Gasteiger partial charge on any atom is -0.352 e. The molecule has 1 aromatic carbocycles. The van der Waals surface area contributed by atoms with Crippen molar-refractivity contribution in [1.82, 2.24) is 20.5 Å². The Bertz CT molecular complexity index is 696. The normalized spacial score (nSPS) is 11.8. The quantitative estimate of drug-likeness (QED) is 0.622. The Balaban J connectivity index is 1.90. The summed E-state index contributed by atoms with van der Waals surface area (Å²) >= 11 is 1.66. The van der Waals surface area contributed by atoms with Gasteiger partial charge in [-0.2, -0.15) is 0 Å². The van der Waals surface area contributed by atoms with Gasteiger partial charge in [-0.05, 0) is 38.7 Å². The number of aliphatic imine (C=N–C) groups is 1. The van der Waals surface area contributed by atoms with Crippen LogP contribution in [0.1, 0.15) is 21.0 Å². The van der Waals surface area contributed by atoms with Gasteiger partial charge < -0.3 is 15.5 Å². The fraction of sp³-hybridized carbons (Fsp3) is 0.412. The predicted molar refractivity (Wildman–Crippen MR) is 97.7 cm³/mol. The van der Waals surface area contributed by atoms with Crippen LogP contribution in [0.5, 0.6) is 0 Å². The lowest BCUT2D eigenvalue weighted by Crippen LogP contribution is -2.36. The van der Waals surface area contributed by atoms with Gasteiger partial charge >= 0.3 is 0 Å². The van der Waals surface area contributed by atoms with Crippen molar-refractivity contribution in [3.05, 3.63) is 51.2 Å². The highest BCUT2D eigenvalue weighted by Crippen LogP contribution is 2.12. The zero-order valence-electron chi connectivity index (χ0n) is 14.6. The van der Waals surface area contributed by atoms with Gasteiger partial charge in [0.1, 0.15) is 10.8 Å². The van der Waals surface area contributed by atoms with Crippen LogP contribution in [0.4, 0.5) is 4.39 Å². The molecule has 7 heteroatoms. The van der Waals surface area contributed by atoms with Crippen LogP contribution in [-0.4, -0.2) is 37.0 Å². The first-order valence-electron chi connectivity index (χ1n) is 7.75. The lowest BCUT2D eigenvalue weighted by molar-refractivity contribution is 0.392. The molecular formula is C17H24FN5S. The summed E-state index contributed by atoms with van der Waals surface area (Å²) < 4.78 is 13.8. The van der Waals surface area contributed by atoms with Crippen LogP contribution in [-0.2, 0) is 19.6 Å². The van der Waals surface area contributed by atoms with Crippen LogP contribution in [0.15, 0.2) is 29.4 Å². The lowest BCUT2D eigenvalue weighted by atomic mass is 10.1. The van der Waals surface area contributed by atoms with E-state index in [1.165, 1.54) is 10.9 Å². The van der Waals surface area contributed by atoms with Gasteiger partial charge in [-0.3, -0.25) is 4.99 Å². The van der Waals surface area contributed by atoms with E-state index in [0.29, 0.717) is 31.2 Å². The van der Waals surface area contributed by atoms with Crippen molar-refractivity contribution in [2.45, 2.75) is 26.6 Å². The number of halogens is 1. The van der Waals surface area contributed by atoms with Crippen LogP contribution in [0.25, 0.3) is 0 Å². The summed E-state index contributed by atoms with van der Waals surface area (Å²) in [6.07, 6.45) is 1.86. The molecule has 2 aromatic rings. The Morgan fingerprint density at radius 1 is 1.29 bits per heavy atom. The monoisotopic (exact) mass is 349 g/mol. The van der Waals surface area contributed by atoms with E-state index in [9.17, 15) is 4.39 Å². The second-order valence-electron chi connectivity index (χ2n) is 5.81. The van der Waals surface area contributed by atoms with Crippen LogP contribution in [0.3, 0.4) is 0 Å². The third kappa shape index (κ3) is 5.58. The highest BCUT2D eigenvalue weighted by Gasteiger charge is 2.06. The fourth-order valence-electron chi connectivity index (χ4n) is 2.25. The van der Waals surface area contributed by atoms with Crippen LogP contribution >= 0.6 is 11.3 Å². The molecular weight excluding hydrogens is 325 g/mol. The zero-order chi connectivity index (χ0) is 17.5. The molecule has 130 valence electrons. The Hall–Kier alpha value is -1.99. The van der Waals surface area contributed by atoms with Gasteiger partial charge in [-0.1, -0.05) is 6.07 Å². The van der Waals surface area contributed by atoms with E-state index in [0.717, 1.165) is 10.6 Å². The molecule has 0 saturated heterocycles. The second-order valence-corrected chi connectivity index (χ2v) is 7.13. The summed E-state index contributed by atoms with van der Waals surface area (Å²) in [5.41, 5.74) is 1.71. The van der Waals surface area contributed by atoms with Crippen molar-refractivity contribution in [2.75, 3.05) is 21.1 Å².